The molecule has 6 nitrogen and oxygen atoms in total. The molecule has 2 atom stereocenters. The first-order chi connectivity index (χ1) is 16.6. The summed E-state index contributed by atoms with van der Waals surface area (Å²) in [6.45, 7) is 7.76. The molecule has 2 amide bonds. The molecule has 182 valence electrons. The van der Waals surface area contributed by atoms with Crippen LogP contribution in [0.3, 0.4) is 0 Å². The molecule has 1 aromatic heterocycles. The zero-order chi connectivity index (χ0) is 24.9. The Balaban J connectivity index is 1.28. The lowest BCUT2D eigenvalue weighted by Crippen LogP contribution is -2.38. The van der Waals surface area contributed by atoms with Crippen LogP contribution >= 0.6 is 11.6 Å². The maximum Gasteiger partial charge on any atom is 0.410 e. The van der Waals surface area contributed by atoms with E-state index < -0.39 is 11.4 Å². The van der Waals surface area contributed by atoms with E-state index in [0.717, 1.165) is 10.9 Å². The lowest BCUT2D eigenvalue weighted by atomic mass is 10.0. The summed E-state index contributed by atoms with van der Waals surface area (Å²) in [5.74, 6) is -0.261. The van der Waals surface area contributed by atoms with Crippen LogP contribution in [0.1, 0.15) is 31.1 Å². The van der Waals surface area contributed by atoms with Gasteiger partial charge in [0.2, 0.25) is 0 Å². The molecule has 0 spiro atoms. The van der Waals surface area contributed by atoms with Crippen LogP contribution < -0.4 is 0 Å². The van der Waals surface area contributed by atoms with Crippen LogP contribution in [0.2, 0.25) is 5.02 Å². The minimum atomic E-state index is -0.539. The molecule has 5 rings (SSSR count). The van der Waals surface area contributed by atoms with Crippen molar-refractivity contribution < 1.29 is 18.7 Å². The van der Waals surface area contributed by atoms with E-state index in [1.165, 1.54) is 6.07 Å². The van der Waals surface area contributed by atoms with Gasteiger partial charge in [-0.1, -0.05) is 23.7 Å². The van der Waals surface area contributed by atoms with Crippen molar-refractivity contribution in [2.75, 3.05) is 26.2 Å². The van der Waals surface area contributed by atoms with Gasteiger partial charge in [0.05, 0.1) is 10.5 Å². The molecule has 2 aliphatic rings. The molecule has 0 aliphatic carbocycles. The Kier molecular flexibility index (Phi) is 5.91. The van der Waals surface area contributed by atoms with Gasteiger partial charge < -0.3 is 14.5 Å². The molecule has 0 radical (unpaired) electrons. The highest BCUT2D eigenvalue weighted by atomic mass is 35.5. The molecule has 0 saturated carbocycles. The number of hydrogen-bond acceptors (Lipinski definition) is 4. The van der Waals surface area contributed by atoms with E-state index in [1.807, 2.05) is 26.8 Å². The molecule has 0 unspecified atom stereocenters. The van der Waals surface area contributed by atoms with E-state index in [0.29, 0.717) is 47.9 Å². The van der Waals surface area contributed by atoms with Crippen LogP contribution in [-0.2, 0) is 4.74 Å². The highest BCUT2D eigenvalue weighted by Gasteiger charge is 2.44. The van der Waals surface area contributed by atoms with E-state index in [2.05, 4.69) is 4.98 Å². The molecule has 2 aromatic carbocycles. The molecule has 0 bridgehead atoms. The Bertz CT molecular complexity index is 1310. The number of fused-ring (bicyclic) bond motifs is 2. The zero-order valence-electron chi connectivity index (χ0n) is 19.9. The zero-order valence-corrected chi connectivity index (χ0v) is 20.7. The Morgan fingerprint density at radius 2 is 1.69 bits per heavy atom. The normalized spacial score (nSPS) is 19.8. The average Bonchev–Trinajstić information content (AvgIpc) is 3.37. The molecular formula is C27H27ClFN3O3. The number of aromatic nitrogens is 1. The summed E-state index contributed by atoms with van der Waals surface area (Å²) in [6, 6.07) is 11.7. The van der Waals surface area contributed by atoms with Gasteiger partial charge >= 0.3 is 6.09 Å². The Hall–Kier alpha value is -3.19. The lowest BCUT2D eigenvalue weighted by Gasteiger charge is -2.26. The van der Waals surface area contributed by atoms with Gasteiger partial charge in [-0.15, -0.1) is 0 Å². The fourth-order valence-corrected chi connectivity index (χ4v) is 5.19. The summed E-state index contributed by atoms with van der Waals surface area (Å²) in [5, 5.41) is 1.30. The second-order valence-electron chi connectivity index (χ2n) is 10.3. The highest BCUT2D eigenvalue weighted by Crippen LogP contribution is 2.34. The van der Waals surface area contributed by atoms with Gasteiger partial charge in [-0.3, -0.25) is 9.78 Å². The quantitative estimate of drug-likeness (QED) is 0.462. The lowest BCUT2D eigenvalue weighted by molar-refractivity contribution is 0.0275. The summed E-state index contributed by atoms with van der Waals surface area (Å²) >= 11 is 6.28. The van der Waals surface area contributed by atoms with Crippen LogP contribution in [0.25, 0.3) is 22.0 Å². The van der Waals surface area contributed by atoms with Crippen molar-refractivity contribution in [1.82, 2.24) is 14.8 Å². The molecule has 3 aromatic rings. The number of benzene rings is 2. The number of rotatable bonds is 2. The second kappa shape index (κ2) is 8.79. The molecule has 35 heavy (non-hydrogen) atoms. The molecule has 2 aliphatic heterocycles. The van der Waals surface area contributed by atoms with Gasteiger partial charge in [0.25, 0.3) is 5.91 Å². The number of carbonyl (C=O) groups is 2. The first-order valence-electron chi connectivity index (χ1n) is 11.7. The molecule has 0 N–H and O–H groups in total. The number of hydrogen-bond donors (Lipinski definition) is 0. The molecule has 2 fully saturated rings. The van der Waals surface area contributed by atoms with E-state index in [4.69, 9.17) is 16.3 Å². The van der Waals surface area contributed by atoms with E-state index in [9.17, 15) is 9.59 Å². The van der Waals surface area contributed by atoms with Gasteiger partial charge in [-0.25, -0.2) is 9.18 Å². The van der Waals surface area contributed by atoms with Crippen molar-refractivity contribution in [1.29, 1.82) is 0 Å². The monoisotopic (exact) mass is 495 g/mol. The number of ether oxygens (including phenoxy) is 1. The van der Waals surface area contributed by atoms with Gasteiger partial charge in [-0.2, -0.15) is 0 Å². The van der Waals surface area contributed by atoms with Gasteiger partial charge in [-0.05, 0) is 56.7 Å². The summed E-state index contributed by atoms with van der Waals surface area (Å²) in [5.41, 5.74) is 1.58. The predicted molar refractivity (Wildman–Crippen MR) is 133 cm³/mol. The number of amides is 2. The minimum Gasteiger partial charge on any atom is -0.444 e. The third-order valence-electron chi connectivity index (χ3n) is 6.64. The van der Waals surface area contributed by atoms with Crippen molar-refractivity contribution in [2.45, 2.75) is 26.4 Å². The summed E-state index contributed by atoms with van der Waals surface area (Å²) in [7, 11) is 0. The molecular weight excluding hydrogens is 469 g/mol. The third kappa shape index (κ3) is 4.69. The number of carbonyl (C=O) groups excluding carboxylic acids is 2. The number of halogens is 2. The first-order valence-corrected chi connectivity index (χ1v) is 12.1. The average molecular weight is 496 g/mol. The Morgan fingerprint density at radius 1 is 1.00 bits per heavy atom. The van der Waals surface area contributed by atoms with Crippen molar-refractivity contribution in [3.63, 3.8) is 0 Å². The Labute approximate surface area is 208 Å². The highest BCUT2D eigenvalue weighted by molar-refractivity contribution is 6.35. The van der Waals surface area contributed by atoms with E-state index >= 15 is 4.39 Å². The maximum absolute atomic E-state index is 15.1. The van der Waals surface area contributed by atoms with Crippen LogP contribution in [0.4, 0.5) is 9.18 Å². The van der Waals surface area contributed by atoms with Gasteiger partial charge in [0.1, 0.15) is 11.4 Å². The smallest absolute Gasteiger partial charge is 0.410 e. The van der Waals surface area contributed by atoms with Crippen LogP contribution in [-0.4, -0.2) is 58.6 Å². The molecule has 8 heteroatoms. The fraction of sp³-hybridized carbons (Fsp3) is 0.370. The van der Waals surface area contributed by atoms with Gasteiger partial charge in [0.15, 0.2) is 0 Å². The first kappa shape index (κ1) is 23.5. The fourth-order valence-electron chi connectivity index (χ4n) is 4.98. The number of nitrogens with zero attached hydrogens (tertiary/aromatic N) is 3. The maximum atomic E-state index is 15.1. The van der Waals surface area contributed by atoms with Crippen LogP contribution in [0.15, 0.2) is 48.7 Å². The van der Waals surface area contributed by atoms with E-state index in [-0.39, 0.29) is 23.8 Å². The van der Waals surface area contributed by atoms with E-state index in [1.54, 1.807) is 46.3 Å². The number of pyridine rings is 1. The van der Waals surface area contributed by atoms with Crippen molar-refractivity contribution >= 4 is 34.5 Å². The predicted octanol–water partition coefficient (Wildman–Crippen LogP) is 5.63. The second-order valence-corrected chi connectivity index (χ2v) is 10.7. The number of likely N-dealkylation sites (tertiary alicyclic amines) is 2. The molecule has 2 saturated heterocycles. The third-order valence-corrected chi connectivity index (χ3v) is 6.97. The standard InChI is InChI=1S/C27H27ClFN3O3/c1-27(2,3)35-26(34)32-14-18-12-31(13-19(18)15-32)25(33)17-4-6-20(23(29)11-17)16-5-7-24-21(10-16)22(28)8-9-30-24/h4-11,18-19H,12-15H2,1-3H3/t18-,19+. The van der Waals surface area contributed by atoms with Crippen LogP contribution in [0, 0.1) is 17.7 Å². The topological polar surface area (TPSA) is 62.7 Å². The van der Waals surface area contributed by atoms with Crippen LogP contribution in [0.5, 0.6) is 0 Å². The molecule has 3 heterocycles. The summed E-state index contributed by atoms with van der Waals surface area (Å²) in [6.07, 6.45) is 1.32. The van der Waals surface area contributed by atoms with Crippen molar-refractivity contribution in [2.24, 2.45) is 11.8 Å². The minimum absolute atomic E-state index is 0.195. The largest absolute Gasteiger partial charge is 0.444 e. The summed E-state index contributed by atoms with van der Waals surface area (Å²) in [4.78, 5) is 33.3. The summed E-state index contributed by atoms with van der Waals surface area (Å²) < 4.78 is 20.6. The van der Waals surface area contributed by atoms with Crippen molar-refractivity contribution in [3.05, 3.63) is 65.1 Å². The SMILES string of the molecule is CC(C)(C)OC(=O)N1C[C@@H]2CN(C(=O)c3ccc(-c4ccc5nccc(Cl)c5c4)c(F)c3)C[C@@H]2C1. The Morgan fingerprint density at radius 3 is 2.34 bits per heavy atom. The van der Waals surface area contributed by atoms with Crippen molar-refractivity contribution in [3.8, 4) is 11.1 Å². The van der Waals surface area contributed by atoms with Gasteiger partial charge in [0, 0.05) is 60.7 Å².